The second kappa shape index (κ2) is 11.8. The Bertz CT molecular complexity index is 1020. The summed E-state index contributed by atoms with van der Waals surface area (Å²) in [7, 11) is 1.29. The number of nitrogens with zero attached hydrogens (tertiary/aromatic N) is 2. The van der Waals surface area contributed by atoms with Gasteiger partial charge in [0.05, 0.1) is 7.11 Å². The summed E-state index contributed by atoms with van der Waals surface area (Å²) in [6.45, 7) is 3.93. The summed E-state index contributed by atoms with van der Waals surface area (Å²) in [4.78, 5) is 18.4. The van der Waals surface area contributed by atoms with E-state index in [1.54, 1.807) is 12.3 Å². The fraction of sp³-hybridized carbons (Fsp3) is 0.357. The predicted octanol–water partition coefficient (Wildman–Crippen LogP) is 4.00. The minimum absolute atomic E-state index is 0.0178. The van der Waals surface area contributed by atoms with Crippen molar-refractivity contribution in [2.24, 2.45) is 0 Å². The maximum Gasteiger partial charge on any atom is 0.360 e. The van der Waals surface area contributed by atoms with Crippen LogP contribution < -0.4 is 5.32 Å². The van der Waals surface area contributed by atoms with Gasteiger partial charge in [-0.05, 0) is 48.6 Å². The van der Waals surface area contributed by atoms with E-state index in [-0.39, 0.29) is 11.4 Å². The van der Waals surface area contributed by atoms with Gasteiger partial charge in [0.1, 0.15) is 0 Å². The van der Waals surface area contributed by atoms with Crippen LogP contribution >= 0.6 is 0 Å². The largest absolute Gasteiger partial charge is 0.505 e. The number of esters is 1. The van der Waals surface area contributed by atoms with E-state index in [2.05, 4.69) is 75.9 Å². The molecule has 1 aliphatic rings. The summed E-state index contributed by atoms with van der Waals surface area (Å²) in [5.74, 6) is -0.388. The monoisotopic (exact) mass is 459 g/mol. The molecule has 2 heterocycles. The average molecular weight is 460 g/mol. The van der Waals surface area contributed by atoms with Crippen LogP contribution in [0.4, 0.5) is 0 Å². The van der Waals surface area contributed by atoms with E-state index in [0.29, 0.717) is 18.4 Å². The van der Waals surface area contributed by atoms with E-state index < -0.39 is 5.97 Å². The Morgan fingerprint density at radius 1 is 1.09 bits per heavy atom. The third kappa shape index (κ3) is 5.64. The lowest BCUT2D eigenvalue weighted by Gasteiger charge is -2.41. The molecule has 1 unspecified atom stereocenters. The summed E-state index contributed by atoms with van der Waals surface area (Å²) in [6, 6.07) is 23.7. The van der Waals surface area contributed by atoms with Gasteiger partial charge in [-0.2, -0.15) is 0 Å². The zero-order chi connectivity index (χ0) is 23.8. The van der Waals surface area contributed by atoms with Crippen LogP contribution in [0.2, 0.25) is 0 Å². The molecular weight excluding hydrogens is 426 g/mol. The smallest absolute Gasteiger partial charge is 0.360 e. The lowest BCUT2D eigenvalue weighted by atomic mass is 9.83. The maximum atomic E-state index is 11.8. The second-order valence-electron chi connectivity index (χ2n) is 8.72. The van der Waals surface area contributed by atoms with Gasteiger partial charge in [-0.1, -0.05) is 60.7 Å². The Hall–Kier alpha value is -3.22. The second-order valence-corrected chi connectivity index (χ2v) is 8.72. The fourth-order valence-corrected chi connectivity index (χ4v) is 4.90. The Morgan fingerprint density at radius 2 is 1.76 bits per heavy atom. The lowest BCUT2D eigenvalue weighted by Crippen LogP contribution is -2.54. The van der Waals surface area contributed by atoms with E-state index >= 15 is 0 Å². The lowest BCUT2D eigenvalue weighted by molar-refractivity contribution is 0.0590. The number of hydrogen-bond acceptors (Lipinski definition) is 6. The Labute approximate surface area is 201 Å². The van der Waals surface area contributed by atoms with E-state index in [1.165, 1.54) is 18.2 Å². The number of aromatic nitrogens is 1. The SMILES string of the molecule is COC(=O)c1nccc(CCCCN2CCNCC2C(c2ccccc2)c2ccccc2)c1O. The number of aromatic hydroxyl groups is 1. The molecule has 4 rings (SSSR count). The number of methoxy groups -OCH3 is 1. The maximum absolute atomic E-state index is 11.8. The van der Waals surface area contributed by atoms with E-state index in [0.717, 1.165) is 44.6 Å². The predicted molar refractivity (Wildman–Crippen MR) is 133 cm³/mol. The number of hydrogen-bond donors (Lipinski definition) is 2. The molecule has 0 radical (unpaired) electrons. The first-order valence-electron chi connectivity index (χ1n) is 12.0. The average Bonchev–Trinajstić information content (AvgIpc) is 2.89. The van der Waals surface area contributed by atoms with Crippen molar-refractivity contribution in [2.75, 3.05) is 33.3 Å². The van der Waals surface area contributed by atoms with Crippen molar-refractivity contribution in [1.29, 1.82) is 0 Å². The van der Waals surface area contributed by atoms with Gasteiger partial charge in [0.25, 0.3) is 0 Å². The van der Waals surface area contributed by atoms with E-state index in [4.69, 9.17) is 4.74 Å². The topological polar surface area (TPSA) is 74.7 Å². The summed E-state index contributed by atoms with van der Waals surface area (Å²) in [6.07, 6.45) is 4.16. The molecule has 1 atom stereocenters. The van der Waals surface area contributed by atoms with Crippen LogP contribution in [-0.4, -0.2) is 60.3 Å². The van der Waals surface area contributed by atoms with Crippen molar-refractivity contribution in [3.8, 4) is 5.75 Å². The standard InChI is InChI=1S/C28H33N3O3/c1-34-28(33)26-27(32)23(15-16-30-26)14-8-9-18-31-19-17-29-20-24(31)25(21-10-4-2-5-11-21)22-12-6-3-7-13-22/h2-7,10-13,15-16,24-25,29,32H,8-9,14,17-20H2,1H3. The molecule has 3 aromatic rings. The molecule has 2 N–H and O–H groups in total. The highest BCUT2D eigenvalue weighted by Gasteiger charge is 2.31. The number of rotatable bonds is 9. The number of carbonyl (C=O) groups excluding carboxylic acids is 1. The minimum Gasteiger partial charge on any atom is -0.505 e. The van der Waals surface area contributed by atoms with Gasteiger partial charge < -0.3 is 15.2 Å². The van der Waals surface area contributed by atoms with E-state index in [1.807, 2.05) is 0 Å². The molecule has 6 nitrogen and oxygen atoms in total. The zero-order valence-electron chi connectivity index (χ0n) is 19.7. The zero-order valence-corrected chi connectivity index (χ0v) is 19.7. The number of piperazine rings is 1. The van der Waals surface area contributed by atoms with Crippen LogP contribution in [0.1, 0.15) is 45.9 Å². The molecular formula is C28H33N3O3. The first-order valence-corrected chi connectivity index (χ1v) is 12.0. The van der Waals surface area contributed by atoms with Gasteiger partial charge >= 0.3 is 5.97 Å². The van der Waals surface area contributed by atoms with Crippen LogP contribution in [0.5, 0.6) is 5.75 Å². The summed E-state index contributed by atoms with van der Waals surface area (Å²) in [5, 5.41) is 14.0. The van der Waals surface area contributed by atoms with Crippen molar-refractivity contribution < 1.29 is 14.6 Å². The van der Waals surface area contributed by atoms with Crippen LogP contribution in [0.15, 0.2) is 72.9 Å². The van der Waals surface area contributed by atoms with Gasteiger partial charge in [0.2, 0.25) is 0 Å². The molecule has 1 saturated heterocycles. The van der Waals surface area contributed by atoms with Crippen molar-refractivity contribution in [1.82, 2.24) is 15.2 Å². The normalized spacial score (nSPS) is 16.5. The van der Waals surface area contributed by atoms with Crippen LogP contribution in [-0.2, 0) is 11.2 Å². The number of benzene rings is 2. The molecule has 178 valence electrons. The number of nitrogens with one attached hydrogen (secondary N) is 1. The van der Waals surface area contributed by atoms with Gasteiger partial charge in [-0.3, -0.25) is 4.90 Å². The first kappa shape index (κ1) is 23.9. The van der Waals surface area contributed by atoms with Gasteiger partial charge in [-0.25, -0.2) is 9.78 Å². The number of pyridine rings is 1. The molecule has 2 aromatic carbocycles. The van der Waals surface area contributed by atoms with Crippen molar-refractivity contribution in [3.05, 3.63) is 95.3 Å². The van der Waals surface area contributed by atoms with Crippen LogP contribution in [0.25, 0.3) is 0 Å². The highest BCUT2D eigenvalue weighted by Crippen LogP contribution is 2.32. The number of ether oxygens (including phenoxy) is 1. The minimum atomic E-state index is -0.615. The quantitative estimate of drug-likeness (QED) is 0.372. The van der Waals surface area contributed by atoms with Crippen LogP contribution in [0, 0.1) is 0 Å². The van der Waals surface area contributed by atoms with Crippen molar-refractivity contribution in [3.63, 3.8) is 0 Å². The molecule has 1 aromatic heterocycles. The third-order valence-electron chi connectivity index (χ3n) is 6.63. The van der Waals surface area contributed by atoms with Crippen molar-refractivity contribution in [2.45, 2.75) is 31.2 Å². The Balaban J connectivity index is 1.44. The molecule has 0 amide bonds. The molecule has 0 saturated carbocycles. The van der Waals surface area contributed by atoms with Gasteiger partial charge in [0.15, 0.2) is 11.4 Å². The van der Waals surface area contributed by atoms with Gasteiger partial charge in [0, 0.05) is 37.8 Å². The highest BCUT2D eigenvalue weighted by molar-refractivity contribution is 5.90. The molecule has 6 heteroatoms. The molecule has 0 spiro atoms. The highest BCUT2D eigenvalue weighted by atomic mass is 16.5. The fourth-order valence-electron chi connectivity index (χ4n) is 4.90. The van der Waals surface area contributed by atoms with E-state index in [9.17, 15) is 9.90 Å². The number of aryl methyl sites for hydroxylation is 1. The molecule has 1 fully saturated rings. The number of unbranched alkanes of at least 4 members (excludes halogenated alkanes) is 1. The summed E-state index contributed by atoms with van der Waals surface area (Å²) >= 11 is 0. The molecule has 34 heavy (non-hydrogen) atoms. The number of carbonyl (C=O) groups is 1. The van der Waals surface area contributed by atoms with Gasteiger partial charge in [-0.15, -0.1) is 0 Å². The Morgan fingerprint density at radius 3 is 2.41 bits per heavy atom. The summed E-state index contributed by atoms with van der Waals surface area (Å²) < 4.78 is 4.71. The molecule has 0 bridgehead atoms. The van der Waals surface area contributed by atoms with Crippen molar-refractivity contribution >= 4 is 5.97 Å². The molecule has 0 aliphatic carbocycles. The summed E-state index contributed by atoms with van der Waals surface area (Å²) in [5.41, 5.74) is 3.39. The van der Waals surface area contributed by atoms with Crippen LogP contribution in [0.3, 0.4) is 0 Å². The molecule has 1 aliphatic heterocycles. The Kier molecular flexibility index (Phi) is 8.28. The third-order valence-corrected chi connectivity index (χ3v) is 6.63. The first-order chi connectivity index (χ1) is 16.7.